The molecule has 1 atom stereocenters. The predicted octanol–water partition coefficient (Wildman–Crippen LogP) is 3.29. The zero-order valence-electron chi connectivity index (χ0n) is 11.1. The molecule has 96 valence electrons. The van der Waals surface area contributed by atoms with Gasteiger partial charge in [-0.15, -0.1) is 0 Å². The molecule has 0 aliphatic heterocycles. The maximum Gasteiger partial charge on any atom is 0.0746 e. The van der Waals surface area contributed by atoms with Crippen LogP contribution in [0.15, 0.2) is 24.3 Å². The van der Waals surface area contributed by atoms with Crippen LogP contribution < -0.4 is 5.32 Å². The first kappa shape index (κ1) is 14.5. The Labute approximate surface area is 109 Å². The molecule has 0 radical (unpaired) electrons. The molecule has 1 aromatic rings. The van der Waals surface area contributed by atoms with Gasteiger partial charge >= 0.3 is 0 Å². The Morgan fingerprint density at radius 1 is 1.29 bits per heavy atom. The van der Waals surface area contributed by atoms with Gasteiger partial charge in [-0.25, -0.2) is 0 Å². The molecular formula is C14H22ClNO. The van der Waals surface area contributed by atoms with Crippen molar-refractivity contribution in [2.24, 2.45) is 0 Å². The monoisotopic (exact) mass is 255 g/mol. The number of rotatable bonds is 6. The van der Waals surface area contributed by atoms with E-state index in [9.17, 15) is 0 Å². The lowest BCUT2D eigenvalue weighted by Gasteiger charge is -2.25. The summed E-state index contributed by atoms with van der Waals surface area (Å²) in [6.07, 6.45) is 0.997. The van der Waals surface area contributed by atoms with Crippen molar-refractivity contribution in [2.75, 3.05) is 13.7 Å². The summed E-state index contributed by atoms with van der Waals surface area (Å²) in [5, 5.41) is 4.27. The second-order valence-corrected chi connectivity index (χ2v) is 5.51. The molecule has 1 rings (SSSR count). The second kappa shape index (κ2) is 6.39. The van der Waals surface area contributed by atoms with E-state index in [2.05, 4.69) is 38.2 Å². The van der Waals surface area contributed by atoms with E-state index in [1.54, 1.807) is 7.11 Å². The first-order valence-electron chi connectivity index (χ1n) is 5.96. The highest BCUT2D eigenvalue weighted by Crippen LogP contribution is 2.11. The van der Waals surface area contributed by atoms with Crippen LogP contribution in [0.4, 0.5) is 0 Å². The van der Waals surface area contributed by atoms with Gasteiger partial charge in [-0.3, -0.25) is 0 Å². The Hall–Kier alpha value is -0.570. The quantitative estimate of drug-likeness (QED) is 0.842. The summed E-state index contributed by atoms with van der Waals surface area (Å²) in [5.74, 6) is 0. The molecule has 1 aromatic carbocycles. The van der Waals surface area contributed by atoms with Gasteiger partial charge < -0.3 is 10.1 Å². The van der Waals surface area contributed by atoms with E-state index in [-0.39, 0.29) is 5.60 Å². The normalized spacial score (nSPS) is 13.7. The van der Waals surface area contributed by atoms with E-state index in [0.717, 1.165) is 18.0 Å². The molecule has 0 aliphatic rings. The predicted molar refractivity (Wildman–Crippen MR) is 73.7 cm³/mol. The maximum atomic E-state index is 5.86. The van der Waals surface area contributed by atoms with E-state index in [0.29, 0.717) is 6.04 Å². The Kier molecular flexibility index (Phi) is 5.44. The van der Waals surface area contributed by atoms with Crippen LogP contribution in [0, 0.1) is 0 Å². The van der Waals surface area contributed by atoms with Gasteiger partial charge in [-0.2, -0.15) is 0 Å². The summed E-state index contributed by atoms with van der Waals surface area (Å²) >= 11 is 5.86. The lowest BCUT2D eigenvalue weighted by molar-refractivity contribution is 0.0215. The minimum absolute atomic E-state index is 0.117. The number of ether oxygens (including phenoxy) is 1. The van der Waals surface area contributed by atoms with Crippen LogP contribution in [-0.2, 0) is 11.2 Å². The van der Waals surface area contributed by atoms with Gasteiger partial charge in [0.2, 0.25) is 0 Å². The number of hydrogen-bond donors (Lipinski definition) is 1. The molecule has 2 nitrogen and oxygen atoms in total. The molecule has 0 fully saturated rings. The molecular weight excluding hydrogens is 234 g/mol. The van der Waals surface area contributed by atoms with Crippen molar-refractivity contribution in [3.8, 4) is 0 Å². The van der Waals surface area contributed by atoms with Crippen molar-refractivity contribution in [3.63, 3.8) is 0 Å². The molecule has 0 saturated heterocycles. The van der Waals surface area contributed by atoms with Crippen LogP contribution in [0.5, 0.6) is 0 Å². The van der Waals surface area contributed by atoms with Crippen LogP contribution in [0.25, 0.3) is 0 Å². The van der Waals surface area contributed by atoms with Gasteiger partial charge in [-0.05, 0) is 44.9 Å². The fourth-order valence-electron chi connectivity index (χ4n) is 1.54. The summed E-state index contributed by atoms with van der Waals surface area (Å²) in [5.41, 5.74) is 1.18. The maximum absolute atomic E-state index is 5.86. The first-order valence-corrected chi connectivity index (χ1v) is 6.34. The second-order valence-electron chi connectivity index (χ2n) is 5.08. The molecule has 3 heteroatoms. The van der Waals surface area contributed by atoms with Crippen LogP contribution >= 0.6 is 11.6 Å². The Morgan fingerprint density at radius 2 is 1.88 bits per heavy atom. The molecule has 0 spiro atoms. The van der Waals surface area contributed by atoms with Gasteiger partial charge in [0.25, 0.3) is 0 Å². The highest BCUT2D eigenvalue weighted by atomic mass is 35.5. The number of halogens is 1. The molecule has 0 amide bonds. The topological polar surface area (TPSA) is 21.3 Å². The number of benzene rings is 1. The molecule has 17 heavy (non-hydrogen) atoms. The molecule has 1 unspecified atom stereocenters. The average molecular weight is 256 g/mol. The number of hydrogen-bond acceptors (Lipinski definition) is 2. The fraction of sp³-hybridized carbons (Fsp3) is 0.571. The summed E-state index contributed by atoms with van der Waals surface area (Å²) in [7, 11) is 1.74. The van der Waals surface area contributed by atoms with Crippen LogP contribution in [0.1, 0.15) is 26.3 Å². The molecule has 0 saturated carbocycles. The van der Waals surface area contributed by atoms with Crippen molar-refractivity contribution >= 4 is 11.6 Å². The number of nitrogens with one attached hydrogen (secondary N) is 1. The van der Waals surface area contributed by atoms with Gasteiger partial charge in [0.15, 0.2) is 0 Å². The highest BCUT2D eigenvalue weighted by Gasteiger charge is 2.16. The zero-order valence-corrected chi connectivity index (χ0v) is 11.8. The van der Waals surface area contributed by atoms with Crippen molar-refractivity contribution in [1.29, 1.82) is 0 Å². The molecule has 0 heterocycles. The Balaban J connectivity index is 2.39. The van der Waals surface area contributed by atoms with Crippen LogP contribution in [0.3, 0.4) is 0 Å². The van der Waals surface area contributed by atoms with Crippen molar-refractivity contribution in [1.82, 2.24) is 5.32 Å². The van der Waals surface area contributed by atoms with E-state index in [1.807, 2.05) is 12.1 Å². The standard InChI is InChI=1S/C14H22ClNO/c1-11(16-10-14(2,3)17-4)9-12-5-7-13(15)8-6-12/h5-8,11,16H,9-10H2,1-4H3. The Morgan fingerprint density at radius 3 is 2.41 bits per heavy atom. The summed E-state index contributed by atoms with van der Waals surface area (Å²) in [6.45, 7) is 7.18. The van der Waals surface area contributed by atoms with E-state index < -0.39 is 0 Å². The average Bonchev–Trinajstić information content (AvgIpc) is 2.30. The van der Waals surface area contributed by atoms with E-state index in [1.165, 1.54) is 5.56 Å². The molecule has 0 aliphatic carbocycles. The van der Waals surface area contributed by atoms with Crippen LogP contribution in [0.2, 0.25) is 5.02 Å². The van der Waals surface area contributed by atoms with Gasteiger partial charge in [0, 0.05) is 24.7 Å². The van der Waals surface area contributed by atoms with Crippen molar-refractivity contribution < 1.29 is 4.74 Å². The van der Waals surface area contributed by atoms with E-state index >= 15 is 0 Å². The Bertz CT molecular complexity index is 335. The van der Waals surface area contributed by atoms with Gasteiger partial charge in [-0.1, -0.05) is 23.7 Å². The smallest absolute Gasteiger partial charge is 0.0746 e. The summed E-state index contributed by atoms with van der Waals surface area (Å²) in [6, 6.07) is 8.43. The third kappa shape index (κ3) is 5.53. The summed E-state index contributed by atoms with van der Waals surface area (Å²) in [4.78, 5) is 0. The van der Waals surface area contributed by atoms with Crippen molar-refractivity contribution in [2.45, 2.75) is 38.8 Å². The summed E-state index contributed by atoms with van der Waals surface area (Å²) < 4.78 is 5.37. The third-order valence-electron chi connectivity index (χ3n) is 2.88. The minimum Gasteiger partial charge on any atom is -0.377 e. The molecule has 1 N–H and O–H groups in total. The zero-order chi connectivity index (χ0) is 12.9. The minimum atomic E-state index is -0.117. The third-order valence-corrected chi connectivity index (χ3v) is 3.14. The van der Waals surface area contributed by atoms with Gasteiger partial charge in [0.05, 0.1) is 5.60 Å². The SMILES string of the molecule is COC(C)(C)CNC(C)Cc1ccc(Cl)cc1. The fourth-order valence-corrected chi connectivity index (χ4v) is 1.66. The van der Waals surface area contributed by atoms with Crippen molar-refractivity contribution in [3.05, 3.63) is 34.9 Å². The van der Waals surface area contributed by atoms with Gasteiger partial charge in [0.1, 0.15) is 0 Å². The lowest BCUT2D eigenvalue weighted by atomic mass is 10.1. The van der Waals surface area contributed by atoms with Crippen LogP contribution in [-0.4, -0.2) is 25.3 Å². The lowest BCUT2D eigenvalue weighted by Crippen LogP contribution is -2.41. The molecule has 0 bridgehead atoms. The van der Waals surface area contributed by atoms with E-state index in [4.69, 9.17) is 16.3 Å². The number of methoxy groups -OCH3 is 1. The molecule has 0 aromatic heterocycles. The largest absolute Gasteiger partial charge is 0.377 e. The highest BCUT2D eigenvalue weighted by molar-refractivity contribution is 6.30. The first-order chi connectivity index (χ1) is 7.93.